The summed E-state index contributed by atoms with van der Waals surface area (Å²) in [6.45, 7) is 2.47. The SMILES string of the molecule is COc1ccc(C(O)(c2ccc(CCC34OCC(C)=C(O3)O4)cc2)c2ccc(OC)cc2)cc1. The van der Waals surface area contributed by atoms with Gasteiger partial charge in [0.15, 0.2) is 0 Å². The van der Waals surface area contributed by atoms with Crippen LogP contribution in [0.25, 0.3) is 0 Å². The van der Waals surface area contributed by atoms with Gasteiger partial charge in [-0.2, -0.15) is 0 Å². The van der Waals surface area contributed by atoms with Crippen LogP contribution in [0.1, 0.15) is 35.6 Å². The van der Waals surface area contributed by atoms with Gasteiger partial charge < -0.3 is 28.8 Å². The van der Waals surface area contributed by atoms with E-state index in [-0.39, 0.29) is 0 Å². The summed E-state index contributed by atoms with van der Waals surface area (Å²) in [5.74, 6) is 1.09. The van der Waals surface area contributed by atoms with Gasteiger partial charge in [-0.3, -0.25) is 0 Å². The van der Waals surface area contributed by atoms with Crippen LogP contribution in [0.3, 0.4) is 0 Å². The summed E-state index contributed by atoms with van der Waals surface area (Å²) in [4.78, 5) is 0. The number of aliphatic hydroxyl groups is 1. The van der Waals surface area contributed by atoms with Crippen LogP contribution in [-0.4, -0.2) is 31.9 Å². The third-order valence-corrected chi connectivity index (χ3v) is 6.46. The number of methoxy groups -OCH3 is 2. The average Bonchev–Trinajstić information content (AvgIpc) is 2.87. The van der Waals surface area contributed by atoms with E-state index in [1.165, 1.54) is 0 Å². The number of benzene rings is 3. The third kappa shape index (κ3) is 3.89. The third-order valence-electron chi connectivity index (χ3n) is 6.46. The number of ether oxygens (including phenoxy) is 5. The number of hydrogen-bond donors (Lipinski definition) is 1. The Kier molecular flexibility index (Phi) is 5.71. The molecule has 0 spiro atoms. The largest absolute Gasteiger partial charge is 0.497 e. The van der Waals surface area contributed by atoms with Crippen molar-refractivity contribution in [2.24, 2.45) is 0 Å². The maximum absolute atomic E-state index is 12.1. The first-order valence-electron chi connectivity index (χ1n) is 11.3. The molecule has 176 valence electrons. The molecule has 6 heteroatoms. The Hall–Kier alpha value is -3.48. The van der Waals surface area contributed by atoms with Crippen LogP contribution in [0.5, 0.6) is 11.5 Å². The molecule has 3 aromatic carbocycles. The molecule has 1 N–H and O–H groups in total. The van der Waals surface area contributed by atoms with Gasteiger partial charge in [-0.1, -0.05) is 48.5 Å². The Morgan fingerprint density at radius 3 is 1.68 bits per heavy atom. The summed E-state index contributed by atoms with van der Waals surface area (Å²) in [6, 6.07) is 22.9. The van der Waals surface area contributed by atoms with Crippen molar-refractivity contribution < 1.29 is 28.8 Å². The molecule has 1 fully saturated rings. The highest BCUT2D eigenvalue weighted by Crippen LogP contribution is 2.43. The molecule has 0 aromatic heterocycles. The average molecular weight is 461 g/mol. The molecule has 3 heterocycles. The molecule has 2 bridgehead atoms. The zero-order valence-corrected chi connectivity index (χ0v) is 19.5. The van der Waals surface area contributed by atoms with Crippen molar-refractivity contribution in [3.8, 4) is 11.5 Å². The first kappa shape index (κ1) is 22.3. The Morgan fingerprint density at radius 2 is 1.26 bits per heavy atom. The lowest BCUT2D eigenvalue weighted by atomic mass is 9.80. The molecular weight excluding hydrogens is 432 g/mol. The monoisotopic (exact) mass is 460 g/mol. The minimum absolute atomic E-state index is 0.533. The van der Waals surface area contributed by atoms with E-state index in [4.69, 9.17) is 23.7 Å². The quantitative estimate of drug-likeness (QED) is 0.483. The van der Waals surface area contributed by atoms with E-state index in [0.29, 0.717) is 19.0 Å². The predicted octanol–water partition coefficient (Wildman–Crippen LogP) is 4.88. The lowest BCUT2D eigenvalue weighted by Crippen LogP contribution is -2.52. The first-order valence-corrected chi connectivity index (χ1v) is 11.3. The number of rotatable bonds is 8. The van der Waals surface area contributed by atoms with Gasteiger partial charge in [0, 0.05) is 5.57 Å². The van der Waals surface area contributed by atoms with E-state index in [1.54, 1.807) is 14.2 Å². The molecule has 0 saturated carbocycles. The molecule has 0 aliphatic carbocycles. The van der Waals surface area contributed by atoms with Crippen LogP contribution >= 0.6 is 0 Å². The molecule has 0 radical (unpaired) electrons. The fraction of sp³-hybridized carbons (Fsp3) is 0.286. The zero-order valence-electron chi connectivity index (χ0n) is 19.5. The molecule has 3 aromatic rings. The molecule has 0 unspecified atom stereocenters. The van der Waals surface area contributed by atoms with Crippen LogP contribution in [0.2, 0.25) is 0 Å². The van der Waals surface area contributed by atoms with Crippen LogP contribution < -0.4 is 9.47 Å². The van der Waals surface area contributed by atoms with Gasteiger partial charge in [0.2, 0.25) is 0 Å². The summed E-state index contributed by atoms with van der Waals surface area (Å²) in [6.07, 6.45) is 1.31. The zero-order chi connectivity index (χ0) is 23.8. The standard InChI is InChI=1S/C28H28O6/c1-19-18-32-27(33-26(19)34-27)17-16-20-4-6-21(7-5-20)28(29,22-8-12-24(30-2)13-9-22)23-10-14-25(31-3)15-11-23/h4-15,29H,16-18H2,1-3H3. The molecule has 1 saturated heterocycles. The van der Waals surface area contributed by atoms with Crippen molar-refractivity contribution in [3.05, 3.63) is 107 Å². The van der Waals surface area contributed by atoms with Crippen molar-refractivity contribution in [2.45, 2.75) is 31.3 Å². The summed E-state index contributed by atoms with van der Waals surface area (Å²) in [7, 11) is 3.25. The minimum atomic E-state index is -1.35. The van der Waals surface area contributed by atoms with E-state index in [9.17, 15) is 5.11 Å². The second-order valence-corrected chi connectivity index (χ2v) is 8.61. The molecule has 0 atom stereocenters. The normalized spacial score (nSPS) is 16.2. The van der Waals surface area contributed by atoms with Gasteiger partial charge in [-0.15, -0.1) is 0 Å². The van der Waals surface area contributed by atoms with Gasteiger partial charge in [-0.25, -0.2) is 0 Å². The summed E-state index contributed by atoms with van der Waals surface area (Å²) < 4.78 is 27.7. The van der Waals surface area contributed by atoms with E-state index in [1.807, 2.05) is 79.7 Å². The second kappa shape index (κ2) is 8.70. The maximum atomic E-state index is 12.1. The van der Waals surface area contributed by atoms with Gasteiger partial charge in [0.1, 0.15) is 17.1 Å². The van der Waals surface area contributed by atoms with Crippen molar-refractivity contribution in [1.29, 1.82) is 0 Å². The maximum Gasteiger partial charge on any atom is 0.376 e. The van der Waals surface area contributed by atoms with E-state index in [2.05, 4.69) is 0 Å². The van der Waals surface area contributed by atoms with Gasteiger partial charge in [0.25, 0.3) is 5.95 Å². The molecular formula is C28H28O6. The highest BCUT2D eigenvalue weighted by Gasteiger charge is 2.51. The number of hydrogen-bond acceptors (Lipinski definition) is 6. The summed E-state index contributed by atoms with van der Waals surface area (Å²) >= 11 is 0. The summed E-state index contributed by atoms with van der Waals surface area (Å²) in [5.41, 5.74) is 2.97. The van der Waals surface area contributed by atoms with Crippen LogP contribution in [0.15, 0.2) is 84.3 Å². The molecule has 6 nitrogen and oxygen atoms in total. The van der Waals surface area contributed by atoms with Crippen molar-refractivity contribution >= 4 is 0 Å². The fourth-order valence-corrected chi connectivity index (χ4v) is 4.35. The topological polar surface area (TPSA) is 66.4 Å². The molecule has 6 rings (SSSR count). The lowest BCUT2D eigenvalue weighted by Gasteiger charge is -2.46. The van der Waals surface area contributed by atoms with Gasteiger partial charge in [-0.05, 0) is 59.9 Å². The van der Waals surface area contributed by atoms with Crippen molar-refractivity contribution in [2.75, 3.05) is 20.8 Å². The Labute approximate surface area is 199 Å². The number of fused-ring (bicyclic) bond motifs is 2. The molecule has 3 aliphatic heterocycles. The van der Waals surface area contributed by atoms with Gasteiger partial charge >= 0.3 is 5.97 Å². The van der Waals surface area contributed by atoms with Crippen LogP contribution in [-0.2, 0) is 26.2 Å². The second-order valence-electron chi connectivity index (χ2n) is 8.61. The minimum Gasteiger partial charge on any atom is -0.497 e. The molecule has 3 aliphatic rings. The molecule has 0 amide bonds. The predicted molar refractivity (Wildman–Crippen MR) is 126 cm³/mol. The Bertz CT molecular complexity index is 1120. The Balaban J connectivity index is 1.41. The smallest absolute Gasteiger partial charge is 0.376 e. The van der Waals surface area contributed by atoms with Crippen molar-refractivity contribution in [1.82, 2.24) is 0 Å². The van der Waals surface area contributed by atoms with Crippen molar-refractivity contribution in [3.63, 3.8) is 0 Å². The lowest BCUT2D eigenvalue weighted by molar-refractivity contribution is -0.468. The number of aryl methyl sites for hydroxylation is 1. The molecule has 34 heavy (non-hydrogen) atoms. The van der Waals surface area contributed by atoms with Crippen LogP contribution in [0.4, 0.5) is 0 Å². The highest BCUT2D eigenvalue weighted by molar-refractivity contribution is 5.49. The Morgan fingerprint density at radius 1 is 0.794 bits per heavy atom. The van der Waals surface area contributed by atoms with E-state index < -0.39 is 11.6 Å². The first-order chi connectivity index (χ1) is 16.5. The van der Waals surface area contributed by atoms with Crippen LogP contribution in [0, 0.1) is 0 Å². The highest BCUT2D eigenvalue weighted by atomic mass is 17.0. The van der Waals surface area contributed by atoms with E-state index in [0.717, 1.165) is 45.7 Å². The fourth-order valence-electron chi connectivity index (χ4n) is 4.35. The van der Waals surface area contributed by atoms with E-state index >= 15 is 0 Å². The van der Waals surface area contributed by atoms with Gasteiger partial charge in [0.05, 0.1) is 27.2 Å². The summed E-state index contributed by atoms with van der Waals surface area (Å²) in [5, 5.41) is 12.1.